The highest BCUT2D eigenvalue weighted by Crippen LogP contribution is 2.24. The van der Waals surface area contributed by atoms with Crippen molar-refractivity contribution in [2.75, 3.05) is 44.2 Å². The minimum absolute atomic E-state index is 0.0726. The number of nitrogens with zero attached hydrogens (tertiary/aromatic N) is 5. The van der Waals surface area contributed by atoms with Gasteiger partial charge in [0.05, 0.1) is 5.92 Å². The summed E-state index contributed by atoms with van der Waals surface area (Å²) in [7, 11) is 0. The first kappa shape index (κ1) is 20.9. The van der Waals surface area contributed by atoms with Crippen molar-refractivity contribution in [1.29, 1.82) is 0 Å². The van der Waals surface area contributed by atoms with Crippen LogP contribution in [0.3, 0.4) is 0 Å². The maximum atomic E-state index is 13.1. The number of anilines is 1. The molecular formula is C21H23Cl2N5O2. The van der Waals surface area contributed by atoms with Gasteiger partial charge in [-0.3, -0.25) is 9.59 Å². The van der Waals surface area contributed by atoms with E-state index in [1.807, 2.05) is 4.90 Å². The topological polar surface area (TPSA) is 69.6 Å². The van der Waals surface area contributed by atoms with Gasteiger partial charge in [-0.1, -0.05) is 23.2 Å². The standard InChI is InChI=1S/C21H23Cl2N5O2/c22-17-11-16(12-18(23)13-17)20(30)27-9-7-26(8-10-27)19(29)15-3-1-6-28(14-15)21-24-4-2-5-25-21/h2,4-5,11-13,15H,1,3,6-10,14H2/t15-/m0/s1. The van der Waals surface area contributed by atoms with Crippen molar-refractivity contribution in [2.45, 2.75) is 12.8 Å². The Bertz CT molecular complexity index is 899. The number of benzene rings is 1. The van der Waals surface area contributed by atoms with Gasteiger partial charge in [-0.05, 0) is 37.1 Å². The largest absolute Gasteiger partial charge is 0.340 e. The molecule has 0 N–H and O–H groups in total. The summed E-state index contributed by atoms with van der Waals surface area (Å²) in [6, 6.07) is 6.63. The fourth-order valence-corrected chi connectivity index (χ4v) is 4.59. The second kappa shape index (κ2) is 9.18. The van der Waals surface area contributed by atoms with Crippen LogP contribution in [0.4, 0.5) is 5.95 Å². The van der Waals surface area contributed by atoms with Gasteiger partial charge in [0.15, 0.2) is 0 Å². The third-order valence-electron chi connectivity index (χ3n) is 5.59. The summed E-state index contributed by atoms with van der Waals surface area (Å²) in [5, 5.41) is 0.868. The Morgan fingerprint density at radius 2 is 1.53 bits per heavy atom. The molecule has 2 amide bonds. The maximum absolute atomic E-state index is 13.1. The highest BCUT2D eigenvalue weighted by atomic mass is 35.5. The molecule has 9 heteroatoms. The molecular weight excluding hydrogens is 425 g/mol. The van der Waals surface area contributed by atoms with E-state index < -0.39 is 0 Å². The summed E-state index contributed by atoms with van der Waals surface area (Å²) in [5.74, 6) is 0.632. The van der Waals surface area contributed by atoms with Crippen LogP contribution >= 0.6 is 23.2 Å². The molecule has 30 heavy (non-hydrogen) atoms. The van der Waals surface area contributed by atoms with E-state index in [2.05, 4.69) is 14.9 Å². The number of amides is 2. The average molecular weight is 448 g/mol. The van der Waals surface area contributed by atoms with E-state index in [0.717, 1.165) is 19.4 Å². The summed E-state index contributed by atoms with van der Waals surface area (Å²) in [4.78, 5) is 40.2. The predicted molar refractivity (Wildman–Crippen MR) is 116 cm³/mol. The van der Waals surface area contributed by atoms with E-state index in [4.69, 9.17) is 23.2 Å². The fraction of sp³-hybridized carbons (Fsp3) is 0.429. The summed E-state index contributed by atoms with van der Waals surface area (Å²) in [5.41, 5.74) is 0.470. The first-order chi connectivity index (χ1) is 14.5. The number of halogens is 2. The van der Waals surface area contributed by atoms with Crippen molar-refractivity contribution in [2.24, 2.45) is 5.92 Å². The molecule has 0 aliphatic carbocycles. The number of piperazine rings is 1. The van der Waals surface area contributed by atoms with Crippen LogP contribution in [0.2, 0.25) is 10.0 Å². The zero-order chi connectivity index (χ0) is 21.1. The van der Waals surface area contributed by atoms with Gasteiger partial charge in [-0.2, -0.15) is 0 Å². The number of carbonyl (C=O) groups is 2. The third kappa shape index (κ3) is 4.68. The molecule has 3 heterocycles. The van der Waals surface area contributed by atoms with Gasteiger partial charge in [0.1, 0.15) is 0 Å². The number of carbonyl (C=O) groups excluding carboxylic acids is 2. The Balaban J connectivity index is 1.34. The van der Waals surface area contributed by atoms with Crippen LogP contribution in [0.5, 0.6) is 0 Å². The van der Waals surface area contributed by atoms with Crippen LogP contribution in [0.1, 0.15) is 23.2 Å². The average Bonchev–Trinajstić information content (AvgIpc) is 2.78. The lowest BCUT2D eigenvalue weighted by molar-refractivity contribution is -0.137. The quantitative estimate of drug-likeness (QED) is 0.722. The fourth-order valence-electron chi connectivity index (χ4n) is 4.06. The molecule has 2 saturated heterocycles. The lowest BCUT2D eigenvalue weighted by atomic mass is 9.96. The summed E-state index contributed by atoms with van der Waals surface area (Å²) in [6.45, 7) is 3.52. The zero-order valence-corrected chi connectivity index (χ0v) is 18.0. The minimum atomic E-state index is -0.114. The van der Waals surface area contributed by atoms with Crippen molar-refractivity contribution in [3.8, 4) is 0 Å². The van der Waals surface area contributed by atoms with Crippen molar-refractivity contribution in [3.05, 3.63) is 52.3 Å². The number of hydrogen-bond donors (Lipinski definition) is 0. The van der Waals surface area contributed by atoms with Gasteiger partial charge in [0.25, 0.3) is 5.91 Å². The number of piperidine rings is 1. The van der Waals surface area contributed by atoms with E-state index in [0.29, 0.717) is 54.3 Å². The molecule has 2 aliphatic heterocycles. The third-order valence-corrected chi connectivity index (χ3v) is 6.03. The molecule has 0 unspecified atom stereocenters. The maximum Gasteiger partial charge on any atom is 0.254 e. The van der Waals surface area contributed by atoms with E-state index in [-0.39, 0.29) is 17.7 Å². The molecule has 1 aromatic heterocycles. The smallest absolute Gasteiger partial charge is 0.254 e. The van der Waals surface area contributed by atoms with Gasteiger partial charge in [0, 0.05) is 67.3 Å². The van der Waals surface area contributed by atoms with E-state index in [1.165, 1.54) is 0 Å². The normalized spacial score (nSPS) is 19.7. The van der Waals surface area contributed by atoms with Crippen molar-refractivity contribution >= 4 is 41.0 Å². The summed E-state index contributed by atoms with van der Waals surface area (Å²) in [6.07, 6.45) is 5.24. The van der Waals surface area contributed by atoms with Crippen molar-refractivity contribution < 1.29 is 9.59 Å². The Labute approximate surface area is 185 Å². The summed E-state index contributed by atoms with van der Waals surface area (Å²) < 4.78 is 0. The molecule has 7 nitrogen and oxygen atoms in total. The van der Waals surface area contributed by atoms with Crippen molar-refractivity contribution in [3.63, 3.8) is 0 Å². The van der Waals surface area contributed by atoms with Crippen LogP contribution in [-0.4, -0.2) is 70.9 Å². The molecule has 158 valence electrons. The molecule has 1 atom stereocenters. The molecule has 2 aliphatic rings. The molecule has 0 radical (unpaired) electrons. The van der Waals surface area contributed by atoms with E-state index >= 15 is 0 Å². The molecule has 1 aromatic carbocycles. The van der Waals surface area contributed by atoms with Gasteiger partial charge < -0.3 is 14.7 Å². The van der Waals surface area contributed by atoms with Crippen LogP contribution in [0, 0.1) is 5.92 Å². The van der Waals surface area contributed by atoms with Crippen molar-refractivity contribution in [1.82, 2.24) is 19.8 Å². The predicted octanol–water partition coefficient (Wildman–Crippen LogP) is 2.98. The van der Waals surface area contributed by atoms with Crippen LogP contribution < -0.4 is 4.90 Å². The zero-order valence-electron chi connectivity index (χ0n) is 16.5. The summed E-state index contributed by atoms with van der Waals surface area (Å²) >= 11 is 12.0. The van der Waals surface area contributed by atoms with E-state index in [9.17, 15) is 9.59 Å². The van der Waals surface area contributed by atoms with Crippen LogP contribution in [0.25, 0.3) is 0 Å². The second-order valence-corrected chi connectivity index (χ2v) is 8.48. The monoisotopic (exact) mass is 447 g/mol. The minimum Gasteiger partial charge on any atom is -0.340 e. The lowest BCUT2D eigenvalue weighted by Gasteiger charge is -2.39. The van der Waals surface area contributed by atoms with Gasteiger partial charge in [0.2, 0.25) is 11.9 Å². The highest BCUT2D eigenvalue weighted by Gasteiger charge is 2.32. The molecule has 0 bridgehead atoms. The lowest BCUT2D eigenvalue weighted by Crippen LogP contribution is -2.53. The number of rotatable bonds is 3. The second-order valence-electron chi connectivity index (χ2n) is 7.61. The first-order valence-electron chi connectivity index (χ1n) is 10.1. The molecule has 2 fully saturated rings. The first-order valence-corrected chi connectivity index (χ1v) is 10.8. The SMILES string of the molecule is O=C(c1cc(Cl)cc(Cl)c1)N1CCN(C(=O)[C@H]2CCCN(c3ncccn3)C2)CC1. The molecule has 0 saturated carbocycles. The van der Waals surface area contributed by atoms with Gasteiger partial charge in [-0.25, -0.2) is 9.97 Å². The Kier molecular flexibility index (Phi) is 6.39. The Morgan fingerprint density at radius 3 is 2.20 bits per heavy atom. The molecule has 2 aromatic rings. The number of hydrogen-bond acceptors (Lipinski definition) is 5. The van der Waals surface area contributed by atoms with Gasteiger partial charge >= 0.3 is 0 Å². The van der Waals surface area contributed by atoms with Crippen LogP contribution in [-0.2, 0) is 4.79 Å². The van der Waals surface area contributed by atoms with Gasteiger partial charge in [-0.15, -0.1) is 0 Å². The van der Waals surface area contributed by atoms with E-state index in [1.54, 1.807) is 41.6 Å². The molecule has 0 spiro atoms. The highest BCUT2D eigenvalue weighted by molar-refractivity contribution is 6.35. The number of aromatic nitrogens is 2. The Morgan fingerprint density at radius 1 is 0.900 bits per heavy atom. The Hall–Kier alpha value is -2.38. The van der Waals surface area contributed by atoms with Crippen LogP contribution in [0.15, 0.2) is 36.7 Å². The molecule has 4 rings (SSSR count).